The average Bonchev–Trinajstić information content (AvgIpc) is 2.40. The summed E-state index contributed by atoms with van der Waals surface area (Å²) in [4.78, 5) is 0.398. The van der Waals surface area contributed by atoms with Crippen molar-refractivity contribution in [3.8, 4) is 5.75 Å². The zero-order chi connectivity index (χ0) is 16.2. The number of sulfonamides is 1. The van der Waals surface area contributed by atoms with Crippen molar-refractivity contribution in [1.82, 2.24) is 4.72 Å². The Kier molecular flexibility index (Phi) is 5.87. The molecule has 4 nitrogen and oxygen atoms in total. The van der Waals surface area contributed by atoms with Crippen LogP contribution in [-0.4, -0.2) is 21.6 Å². The summed E-state index contributed by atoms with van der Waals surface area (Å²) in [5.41, 5.74) is 1.46. The molecule has 0 aromatic heterocycles. The van der Waals surface area contributed by atoms with Gasteiger partial charge in [0.15, 0.2) is 0 Å². The molecule has 0 saturated heterocycles. The van der Waals surface area contributed by atoms with Crippen LogP contribution >= 0.6 is 0 Å². The lowest BCUT2D eigenvalue weighted by molar-refractivity contribution is 0.413. The van der Waals surface area contributed by atoms with Gasteiger partial charge in [-0.1, -0.05) is 32.1 Å². The van der Waals surface area contributed by atoms with Gasteiger partial charge in [0.2, 0.25) is 10.0 Å². The van der Waals surface area contributed by atoms with Crippen LogP contribution < -0.4 is 9.46 Å². The second kappa shape index (κ2) is 7.47. The Bertz CT molecular complexity index is 579. The maximum atomic E-state index is 12.8. The topological polar surface area (TPSA) is 55.4 Å². The molecule has 5 heteroatoms. The first kappa shape index (κ1) is 17.3. The number of benzene rings is 1. The Labute approximate surface area is 134 Å². The van der Waals surface area contributed by atoms with Crippen LogP contribution in [0.4, 0.5) is 0 Å². The first-order valence-corrected chi connectivity index (χ1v) is 9.60. The highest BCUT2D eigenvalue weighted by Gasteiger charge is 2.24. The Morgan fingerprint density at radius 3 is 2.00 bits per heavy atom. The lowest BCUT2D eigenvalue weighted by Crippen LogP contribution is -2.36. The van der Waals surface area contributed by atoms with E-state index in [-0.39, 0.29) is 6.04 Å². The summed E-state index contributed by atoms with van der Waals surface area (Å²) in [6.07, 6.45) is 7.77. The van der Waals surface area contributed by atoms with E-state index >= 15 is 0 Å². The minimum atomic E-state index is -3.48. The molecule has 0 unspecified atom stereocenters. The van der Waals surface area contributed by atoms with Crippen LogP contribution in [-0.2, 0) is 10.0 Å². The summed E-state index contributed by atoms with van der Waals surface area (Å²) in [7, 11) is -1.89. The molecule has 0 atom stereocenters. The highest BCUT2D eigenvalue weighted by atomic mass is 32.2. The lowest BCUT2D eigenvalue weighted by atomic mass is 9.97. The largest absolute Gasteiger partial charge is 0.497 e. The molecule has 1 aromatic carbocycles. The minimum Gasteiger partial charge on any atom is -0.497 e. The SMILES string of the molecule is COc1cc(C)c(S(=O)(=O)NC2CCCCCCC2)c(C)c1. The molecular formula is C17H27NO3S. The van der Waals surface area contributed by atoms with Crippen molar-refractivity contribution in [2.45, 2.75) is 69.7 Å². The zero-order valence-corrected chi connectivity index (χ0v) is 14.6. The molecule has 0 bridgehead atoms. The molecule has 1 fully saturated rings. The molecule has 0 heterocycles. The van der Waals surface area contributed by atoms with E-state index < -0.39 is 10.0 Å². The number of aryl methyl sites for hydroxylation is 2. The molecule has 1 saturated carbocycles. The first-order chi connectivity index (χ1) is 10.4. The maximum absolute atomic E-state index is 12.8. The van der Waals surface area contributed by atoms with Crippen LogP contribution in [0, 0.1) is 13.8 Å². The summed E-state index contributed by atoms with van der Waals surface area (Å²) < 4.78 is 33.7. The summed E-state index contributed by atoms with van der Waals surface area (Å²) in [5.74, 6) is 0.694. The smallest absolute Gasteiger partial charge is 0.241 e. The third-order valence-corrected chi connectivity index (χ3v) is 6.19. The van der Waals surface area contributed by atoms with E-state index in [9.17, 15) is 8.42 Å². The third kappa shape index (κ3) is 4.23. The van der Waals surface area contributed by atoms with Gasteiger partial charge in [0, 0.05) is 6.04 Å². The summed E-state index contributed by atoms with van der Waals surface area (Å²) in [5, 5.41) is 0. The van der Waals surface area contributed by atoms with Gasteiger partial charge in [-0.15, -0.1) is 0 Å². The predicted octanol–water partition coefficient (Wildman–Crippen LogP) is 3.70. The van der Waals surface area contributed by atoms with E-state index in [0.717, 1.165) is 36.8 Å². The van der Waals surface area contributed by atoms with Crippen molar-refractivity contribution in [2.24, 2.45) is 0 Å². The molecule has 124 valence electrons. The van der Waals surface area contributed by atoms with Gasteiger partial charge in [0.25, 0.3) is 0 Å². The number of nitrogens with one attached hydrogen (secondary N) is 1. The van der Waals surface area contributed by atoms with Crippen LogP contribution in [0.25, 0.3) is 0 Å². The van der Waals surface area contributed by atoms with Crippen molar-refractivity contribution < 1.29 is 13.2 Å². The van der Waals surface area contributed by atoms with Gasteiger partial charge in [-0.05, 0) is 49.9 Å². The lowest BCUT2D eigenvalue weighted by Gasteiger charge is -2.22. The van der Waals surface area contributed by atoms with Crippen molar-refractivity contribution in [1.29, 1.82) is 0 Å². The van der Waals surface area contributed by atoms with Gasteiger partial charge >= 0.3 is 0 Å². The Hall–Kier alpha value is -1.07. The normalized spacial score (nSPS) is 17.8. The molecule has 22 heavy (non-hydrogen) atoms. The van der Waals surface area contributed by atoms with Gasteiger partial charge in [-0.25, -0.2) is 13.1 Å². The number of methoxy groups -OCH3 is 1. The fourth-order valence-electron chi connectivity index (χ4n) is 3.30. The molecule has 2 rings (SSSR count). The summed E-state index contributed by atoms with van der Waals surface area (Å²) in [6.45, 7) is 3.64. The van der Waals surface area contributed by atoms with Crippen LogP contribution in [0.1, 0.15) is 56.1 Å². The molecule has 1 aromatic rings. The highest BCUT2D eigenvalue weighted by Crippen LogP contribution is 2.27. The second-order valence-electron chi connectivity index (χ2n) is 6.25. The number of hydrogen-bond acceptors (Lipinski definition) is 3. The van der Waals surface area contributed by atoms with Gasteiger partial charge in [-0.3, -0.25) is 0 Å². The van der Waals surface area contributed by atoms with Gasteiger partial charge in [-0.2, -0.15) is 0 Å². The Morgan fingerprint density at radius 1 is 1.00 bits per heavy atom. The maximum Gasteiger partial charge on any atom is 0.241 e. The van der Waals surface area contributed by atoms with Crippen LogP contribution in [0.15, 0.2) is 17.0 Å². The monoisotopic (exact) mass is 325 g/mol. The third-order valence-electron chi connectivity index (χ3n) is 4.37. The second-order valence-corrected chi connectivity index (χ2v) is 7.90. The molecular weight excluding hydrogens is 298 g/mol. The summed E-state index contributed by atoms with van der Waals surface area (Å²) >= 11 is 0. The van der Waals surface area contributed by atoms with Crippen LogP contribution in [0.2, 0.25) is 0 Å². The number of rotatable bonds is 4. The van der Waals surface area contributed by atoms with Crippen molar-refractivity contribution in [3.05, 3.63) is 23.3 Å². The van der Waals surface area contributed by atoms with Crippen molar-refractivity contribution >= 4 is 10.0 Å². The minimum absolute atomic E-state index is 0.0613. The molecule has 0 radical (unpaired) electrons. The fraction of sp³-hybridized carbons (Fsp3) is 0.647. The van der Waals surface area contributed by atoms with E-state index in [1.54, 1.807) is 19.2 Å². The predicted molar refractivity (Wildman–Crippen MR) is 88.9 cm³/mol. The van der Waals surface area contributed by atoms with Gasteiger partial charge in [0.05, 0.1) is 12.0 Å². The molecule has 0 amide bonds. The highest BCUT2D eigenvalue weighted by molar-refractivity contribution is 7.89. The summed E-state index contributed by atoms with van der Waals surface area (Å²) in [6, 6.07) is 3.62. The van der Waals surface area contributed by atoms with E-state index in [0.29, 0.717) is 10.6 Å². The Morgan fingerprint density at radius 2 is 1.50 bits per heavy atom. The molecule has 0 aliphatic heterocycles. The number of hydrogen-bond donors (Lipinski definition) is 1. The van der Waals surface area contributed by atoms with Crippen molar-refractivity contribution in [3.63, 3.8) is 0 Å². The quantitative estimate of drug-likeness (QED) is 0.918. The molecule has 1 N–H and O–H groups in total. The number of ether oxygens (including phenoxy) is 1. The molecule has 1 aliphatic rings. The standard InChI is InChI=1S/C17H27NO3S/c1-13-11-16(21-3)12-14(2)17(13)22(19,20)18-15-9-7-5-4-6-8-10-15/h11-12,15,18H,4-10H2,1-3H3. The van der Waals surface area contributed by atoms with Crippen LogP contribution in [0.3, 0.4) is 0 Å². The molecule has 0 spiro atoms. The van der Waals surface area contributed by atoms with Crippen LogP contribution in [0.5, 0.6) is 5.75 Å². The first-order valence-electron chi connectivity index (χ1n) is 8.11. The Balaban J connectivity index is 2.22. The zero-order valence-electron chi connectivity index (χ0n) is 13.8. The van der Waals surface area contributed by atoms with E-state index in [2.05, 4.69) is 4.72 Å². The average molecular weight is 325 g/mol. The fourth-order valence-corrected chi connectivity index (χ4v) is 5.06. The van der Waals surface area contributed by atoms with Gasteiger partial charge in [0.1, 0.15) is 5.75 Å². The van der Waals surface area contributed by atoms with E-state index in [4.69, 9.17) is 4.74 Å². The molecule has 1 aliphatic carbocycles. The van der Waals surface area contributed by atoms with Gasteiger partial charge < -0.3 is 4.74 Å². The van der Waals surface area contributed by atoms with E-state index in [1.807, 2.05) is 13.8 Å². The van der Waals surface area contributed by atoms with E-state index in [1.165, 1.54) is 19.3 Å². The van der Waals surface area contributed by atoms with Crippen molar-refractivity contribution in [2.75, 3.05) is 7.11 Å².